The predicted molar refractivity (Wildman–Crippen MR) is 202 cm³/mol. The molecule has 0 spiro atoms. The van der Waals surface area contributed by atoms with E-state index >= 15 is 0 Å². The second-order valence-electron chi connectivity index (χ2n) is 13.6. The zero-order valence-corrected chi connectivity index (χ0v) is 26.9. The molecular weight excluding hydrogens is 581 g/mol. The van der Waals surface area contributed by atoms with Crippen molar-refractivity contribution in [3.8, 4) is 44.8 Å². The lowest BCUT2D eigenvalue weighted by Crippen LogP contribution is -2.23. The topological polar surface area (TPSA) is 17.8 Å². The first-order valence-electron chi connectivity index (χ1n) is 16.7. The van der Waals surface area contributed by atoms with Crippen LogP contribution in [-0.4, -0.2) is 9.55 Å². The van der Waals surface area contributed by atoms with Crippen molar-refractivity contribution in [2.24, 2.45) is 0 Å². The summed E-state index contributed by atoms with van der Waals surface area (Å²) in [6.45, 7) is 4.61. The van der Waals surface area contributed by atoms with E-state index in [1.165, 1.54) is 82.3 Å². The van der Waals surface area contributed by atoms with Gasteiger partial charge in [0.2, 0.25) is 0 Å². The molecule has 10 rings (SSSR count). The van der Waals surface area contributed by atoms with Crippen LogP contribution in [0.25, 0.3) is 88.1 Å². The van der Waals surface area contributed by atoms with Crippen LogP contribution in [0.5, 0.6) is 0 Å². The van der Waals surface area contributed by atoms with Crippen LogP contribution in [0.2, 0.25) is 0 Å². The molecule has 0 aliphatic carbocycles. The first kappa shape index (κ1) is 27.2. The third-order valence-corrected chi connectivity index (χ3v) is 10.5. The number of rotatable bonds is 3. The minimum atomic E-state index is -0.190. The molecule has 0 bridgehead atoms. The Kier molecular flexibility index (Phi) is 5.66. The molecule has 0 N–H and O–H groups in total. The molecular formula is C46H32N2. The molecule has 0 unspecified atom stereocenters. The largest absolute Gasteiger partial charge is 0.314 e. The quantitative estimate of drug-likeness (QED) is 0.182. The van der Waals surface area contributed by atoms with Gasteiger partial charge < -0.3 is 4.57 Å². The van der Waals surface area contributed by atoms with Gasteiger partial charge in [-0.15, -0.1) is 0 Å². The molecule has 1 aliphatic rings. The molecule has 1 aliphatic heterocycles. The van der Waals surface area contributed by atoms with Crippen LogP contribution < -0.4 is 0 Å². The number of imidazole rings is 1. The average molecular weight is 613 g/mol. The van der Waals surface area contributed by atoms with Crippen molar-refractivity contribution in [3.63, 3.8) is 0 Å². The van der Waals surface area contributed by atoms with Gasteiger partial charge in [0, 0.05) is 5.56 Å². The second kappa shape index (κ2) is 10.0. The fraction of sp³-hybridized carbons (Fsp3) is 0.0652. The van der Waals surface area contributed by atoms with Crippen LogP contribution in [0, 0.1) is 0 Å². The molecule has 0 fully saturated rings. The van der Waals surface area contributed by atoms with Crippen LogP contribution in [0.1, 0.15) is 19.4 Å². The van der Waals surface area contributed by atoms with Crippen molar-refractivity contribution >= 4 is 43.4 Å². The van der Waals surface area contributed by atoms with E-state index in [0.29, 0.717) is 0 Å². The van der Waals surface area contributed by atoms with E-state index in [4.69, 9.17) is 4.98 Å². The van der Waals surface area contributed by atoms with Gasteiger partial charge in [-0.3, -0.25) is 0 Å². The Morgan fingerprint density at radius 2 is 0.979 bits per heavy atom. The third kappa shape index (κ3) is 3.83. The average Bonchev–Trinajstić information content (AvgIpc) is 3.63. The fourth-order valence-electron chi connectivity index (χ4n) is 8.25. The van der Waals surface area contributed by atoms with Crippen molar-refractivity contribution in [3.05, 3.63) is 163 Å². The van der Waals surface area contributed by atoms with E-state index in [1.54, 1.807) is 0 Å². The summed E-state index contributed by atoms with van der Waals surface area (Å²) in [6, 6.07) is 57.8. The number of nitrogens with zero attached hydrogens (tertiary/aromatic N) is 2. The maximum absolute atomic E-state index is 5.03. The fourth-order valence-corrected chi connectivity index (χ4v) is 8.25. The van der Waals surface area contributed by atoms with Gasteiger partial charge in [0.25, 0.3) is 0 Å². The highest BCUT2D eigenvalue weighted by Gasteiger charge is 2.37. The number of hydrogen-bond acceptors (Lipinski definition) is 1. The lowest BCUT2D eigenvalue weighted by atomic mass is 9.85. The minimum Gasteiger partial charge on any atom is -0.314 e. The summed E-state index contributed by atoms with van der Waals surface area (Å²) in [5.41, 5.74) is 12.1. The van der Waals surface area contributed by atoms with Crippen molar-refractivity contribution in [1.82, 2.24) is 9.55 Å². The Bertz CT molecular complexity index is 2690. The monoisotopic (exact) mass is 612 g/mol. The molecule has 2 nitrogen and oxygen atoms in total. The lowest BCUT2D eigenvalue weighted by Gasteiger charge is -2.24. The van der Waals surface area contributed by atoms with Gasteiger partial charge >= 0.3 is 0 Å². The first-order valence-corrected chi connectivity index (χ1v) is 16.7. The third-order valence-electron chi connectivity index (χ3n) is 10.5. The molecule has 2 heteroatoms. The van der Waals surface area contributed by atoms with Crippen LogP contribution in [0.3, 0.4) is 0 Å². The Morgan fingerprint density at radius 3 is 1.67 bits per heavy atom. The molecule has 0 atom stereocenters. The number of aromatic nitrogens is 2. The van der Waals surface area contributed by atoms with Gasteiger partial charge in [0.05, 0.1) is 16.6 Å². The van der Waals surface area contributed by atoms with Crippen LogP contribution >= 0.6 is 0 Å². The Hall–Kier alpha value is -5.99. The number of benzene rings is 8. The summed E-state index contributed by atoms with van der Waals surface area (Å²) in [7, 11) is 0. The Labute approximate surface area is 279 Å². The molecule has 2 heterocycles. The van der Waals surface area contributed by atoms with E-state index < -0.39 is 0 Å². The predicted octanol–water partition coefficient (Wildman–Crippen LogP) is 12.3. The molecule has 48 heavy (non-hydrogen) atoms. The van der Waals surface area contributed by atoms with Crippen molar-refractivity contribution < 1.29 is 0 Å². The van der Waals surface area contributed by atoms with Gasteiger partial charge in [-0.2, -0.15) is 0 Å². The second-order valence-corrected chi connectivity index (χ2v) is 13.6. The zero-order valence-electron chi connectivity index (χ0n) is 26.9. The summed E-state index contributed by atoms with van der Waals surface area (Å²) in [5, 5.41) is 7.60. The van der Waals surface area contributed by atoms with E-state index in [1.807, 2.05) is 0 Å². The van der Waals surface area contributed by atoms with Gasteiger partial charge in [-0.05, 0) is 115 Å². The summed E-state index contributed by atoms with van der Waals surface area (Å²) in [4.78, 5) is 5.03. The Balaban J connectivity index is 1.10. The number of fused-ring (bicyclic) bond motifs is 8. The van der Waals surface area contributed by atoms with E-state index in [-0.39, 0.29) is 5.54 Å². The Morgan fingerprint density at radius 1 is 0.458 bits per heavy atom. The van der Waals surface area contributed by atoms with E-state index in [2.05, 4.69) is 176 Å². The van der Waals surface area contributed by atoms with Crippen molar-refractivity contribution in [2.75, 3.05) is 0 Å². The van der Waals surface area contributed by atoms with Gasteiger partial charge in [0.1, 0.15) is 5.82 Å². The van der Waals surface area contributed by atoms with Gasteiger partial charge in [0.15, 0.2) is 0 Å². The number of para-hydroxylation sites is 2. The summed E-state index contributed by atoms with van der Waals surface area (Å²) < 4.78 is 2.40. The highest BCUT2D eigenvalue weighted by Crippen LogP contribution is 2.47. The molecule has 0 amide bonds. The van der Waals surface area contributed by atoms with Crippen LogP contribution in [0.15, 0.2) is 158 Å². The van der Waals surface area contributed by atoms with Crippen molar-refractivity contribution in [1.29, 1.82) is 0 Å². The molecule has 8 aromatic carbocycles. The van der Waals surface area contributed by atoms with Crippen molar-refractivity contribution in [2.45, 2.75) is 19.4 Å². The first-order chi connectivity index (χ1) is 23.6. The molecule has 1 aromatic heterocycles. The highest BCUT2D eigenvalue weighted by molar-refractivity contribution is 6.21. The maximum atomic E-state index is 5.03. The van der Waals surface area contributed by atoms with E-state index in [0.717, 1.165) is 11.3 Å². The molecule has 0 radical (unpaired) electrons. The van der Waals surface area contributed by atoms with Crippen LogP contribution in [-0.2, 0) is 5.54 Å². The maximum Gasteiger partial charge on any atom is 0.142 e. The normalized spacial score (nSPS) is 13.4. The van der Waals surface area contributed by atoms with Gasteiger partial charge in [-0.1, -0.05) is 127 Å². The SMILES string of the molecule is CC1(C)c2cc(-c3ccc4cc(-c5c6ccccc6c(-c6ccccc6)c6ccccc56)ccc4c3)ccc2-c2nc3ccccc3n21. The van der Waals surface area contributed by atoms with E-state index in [9.17, 15) is 0 Å². The standard InChI is InChI=1S/C46H32N2/c1-46(2)40-28-33(24-25-39(40)45-47-41-18-10-11-19-42(41)48(45)46)31-20-21-32-27-34(23-22-30(32)26-31)44-37-16-8-6-14-35(37)43(29-12-4-3-5-13-29)36-15-7-9-17-38(36)44/h3-28H,1-2H3. The summed E-state index contributed by atoms with van der Waals surface area (Å²) >= 11 is 0. The molecule has 226 valence electrons. The summed E-state index contributed by atoms with van der Waals surface area (Å²) in [5.74, 6) is 1.06. The molecule has 9 aromatic rings. The summed E-state index contributed by atoms with van der Waals surface area (Å²) in [6.07, 6.45) is 0. The van der Waals surface area contributed by atoms with Gasteiger partial charge in [-0.25, -0.2) is 4.98 Å². The minimum absolute atomic E-state index is 0.190. The lowest BCUT2D eigenvalue weighted by molar-refractivity contribution is 0.474. The number of hydrogen-bond donors (Lipinski definition) is 0. The highest BCUT2D eigenvalue weighted by atomic mass is 15.2. The smallest absolute Gasteiger partial charge is 0.142 e. The molecule has 0 saturated heterocycles. The van der Waals surface area contributed by atoms with Crippen LogP contribution in [0.4, 0.5) is 0 Å². The molecule has 0 saturated carbocycles. The zero-order chi connectivity index (χ0) is 32.0.